The summed E-state index contributed by atoms with van der Waals surface area (Å²) in [6.45, 7) is 1.90. The highest BCUT2D eigenvalue weighted by atomic mass is 32.1. The second kappa shape index (κ2) is 8.35. The molecule has 0 fully saturated rings. The number of carbonyl (C=O) groups excluding carboxylic acids is 1. The monoisotopic (exact) mass is 401 g/mol. The number of ether oxygens (including phenoxy) is 1. The van der Waals surface area contributed by atoms with E-state index in [0.717, 1.165) is 0 Å². The number of para-hydroxylation sites is 1. The summed E-state index contributed by atoms with van der Waals surface area (Å²) in [7, 11) is 1.39. The molecule has 1 atom stereocenters. The third kappa shape index (κ3) is 4.12. The molecule has 0 radical (unpaired) electrons. The number of aromatic amines is 1. The molecule has 0 aliphatic rings. The summed E-state index contributed by atoms with van der Waals surface area (Å²) in [5, 5.41) is 3.31. The van der Waals surface area contributed by atoms with Gasteiger partial charge in [0, 0.05) is 13.0 Å². The van der Waals surface area contributed by atoms with Crippen LogP contribution in [0.2, 0.25) is 0 Å². The predicted molar refractivity (Wildman–Crippen MR) is 108 cm³/mol. The third-order valence-corrected chi connectivity index (χ3v) is 4.83. The normalized spacial score (nSPS) is 12.0. The largest absolute Gasteiger partial charge is 0.494 e. The molecular weight excluding hydrogens is 381 g/mol. The van der Waals surface area contributed by atoms with Gasteiger partial charge in [0.15, 0.2) is 16.3 Å². The van der Waals surface area contributed by atoms with Gasteiger partial charge in [-0.2, -0.15) is 0 Å². The number of fused-ring (bicyclic) bond motifs is 1. The smallest absolute Gasteiger partial charge is 0.262 e. The van der Waals surface area contributed by atoms with Crippen LogP contribution < -0.4 is 15.6 Å². The van der Waals surface area contributed by atoms with E-state index in [1.54, 1.807) is 31.2 Å². The lowest BCUT2D eigenvalue weighted by Crippen LogP contribution is -2.30. The Bertz CT molecular complexity index is 1140. The van der Waals surface area contributed by atoms with Crippen molar-refractivity contribution in [2.75, 3.05) is 7.11 Å². The Kier molecular flexibility index (Phi) is 5.89. The first-order valence-electron chi connectivity index (χ1n) is 8.75. The van der Waals surface area contributed by atoms with Crippen LogP contribution in [0.5, 0.6) is 5.75 Å². The maximum Gasteiger partial charge on any atom is 0.262 e. The number of benzene rings is 2. The summed E-state index contributed by atoms with van der Waals surface area (Å²) in [6, 6.07) is 11.2. The van der Waals surface area contributed by atoms with Crippen LogP contribution in [0.4, 0.5) is 4.39 Å². The molecule has 8 heteroatoms. The molecule has 3 aromatic rings. The lowest BCUT2D eigenvalue weighted by atomic mass is 10.1. The van der Waals surface area contributed by atoms with Gasteiger partial charge in [0.25, 0.3) is 5.56 Å². The van der Waals surface area contributed by atoms with Gasteiger partial charge in [-0.3, -0.25) is 14.2 Å². The molecule has 3 rings (SSSR count). The average molecular weight is 401 g/mol. The Morgan fingerprint density at radius 2 is 2.07 bits per heavy atom. The molecule has 2 aromatic carbocycles. The fourth-order valence-electron chi connectivity index (χ4n) is 2.96. The van der Waals surface area contributed by atoms with Gasteiger partial charge in [-0.05, 0) is 49.0 Å². The minimum atomic E-state index is -0.491. The summed E-state index contributed by atoms with van der Waals surface area (Å²) in [4.78, 5) is 27.9. The van der Waals surface area contributed by atoms with E-state index in [1.807, 2.05) is 6.07 Å². The number of hydrogen-bond donors (Lipinski definition) is 2. The van der Waals surface area contributed by atoms with E-state index in [9.17, 15) is 14.0 Å². The van der Waals surface area contributed by atoms with Crippen LogP contribution in [0.15, 0.2) is 47.3 Å². The van der Waals surface area contributed by atoms with Crippen LogP contribution in [0.25, 0.3) is 10.9 Å². The van der Waals surface area contributed by atoms with Gasteiger partial charge in [0.05, 0.1) is 24.1 Å². The van der Waals surface area contributed by atoms with Crippen LogP contribution in [-0.4, -0.2) is 22.6 Å². The molecule has 2 N–H and O–H groups in total. The van der Waals surface area contributed by atoms with E-state index >= 15 is 0 Å². The van der Waals surface area contributed by atoms with Crippen molar-refractivity contribution in [1.29, 1.82) is 0 Å². The number of hydrogen-bond acceptors (Lipinski definition) is 4. The van der Waals surface area contributed by atoms with Crippen LogP contribution in [-0.2, 0) is 11.3 Å². The Hall–Kier alpha value is -3.00. The van der Waals surface area contributed by atoms with Crippen molar-refractivity contribution in [1.82, 2.24) is 14.9 Å². The second-order valence-electron chi connectivity index (χ2n) is 6.37. The molecule has 0 saturated carbocycles. The molecule has 28 heavy (non-hydrogen) atoms. The average Bonchev–Trinajstić information content (AvgIpc) is 2.67. The van der Waals surface area contributed by atoms with Crippen molar-refractivity contribution in [3.8, 4) is 5.75 Å². The number of carbonyl (C=O) groups is 1. The van der Waals surface area contributed by atoms with Crippen LogP contribution in [0, 0.1) is 10.6 Å². The molecule has 0 aliphatic carbocycles. The van der Waals surface area contributed by atoms with Gasteiger partial charge in [-0.15, -0.1) is 0 Å². The molecule has 0 spiro atoms. The Morgan fingerprint density at radius 3 is 2.79 bits per heavy atom. The standard InChI is InChI=1S/C20H20FN3O3S/c1-12(13-7-8-17(27-2)15(21)11-13)22-18(25)9-10-24-19(26)14-5-3-4-6-16(14)23-20(24)28/h3-8,11-12H,9-10H2,1-2H3,(H,22,25)(H,23,28). The molecule has 1 unspecified atom stereocenters. The molecule has 6 nitrogen and oxygen atoms in total. The highest BCUT2D eigenvalue weighted by Crippen LogP contribution is 2.21. The first kappa shape index (κ1) is 19.8. The summed E-state index contributed by atoms with van der Waals surface area (Å²) < 4.78 is 20.4. The molecule has 1 heterocycles. The minimum Gasteiger partial charge on any atom is -0.494 e. The van der Waals surface area contributed by atoms with Crippen LogP contribution in [0.3, 0.4) is 0 Å². The van der Waals surface area contributed by atoms with Crippen molar-refractivity contribution in [3.63, 3.8) is 0 Å². The highest BCUT2D eigenvalue weighted by molar-refractivity contribution is 7.71. The number of nitrogens with zero attached hydrogens (tertiary/aromatic N) is 1. The molecule has 1 amide bonds. The maximum absolute atomic E-state index is 13.8. The van der Waals surface area contributed by atoms with Crippen molar-refractivity contribution >= 4 is 29.0 Å². The van der Waals surface area contributed by atoms with Gasteiger partial charge < -0.3 is 15.0 Å². The Balaban J connectivity index is 1.69. The number of methoxy groups -OCH3 is 1. The maximum atomic E-state index is 13.8. The molecule has 0 saturated heterocycles. The lowest BCUT2D eigenvalue weighted by Gasteiger charge is -2.15. The van der Waals surface area contributed by atoms with Gasteiger partial charge in [-0.1, -0.05) is 18.2 Å². The van der Waals surface area contributed by atoms with Gasteiger partial charge in [-0.25, -0.2) is 4.39 Å². The highest BCUT2D eigenvalue weighted by Gasteiger charge is 2.13. The predicted octanol–water partition coefficient (Wildman–Crippen LogP) is 3.47. The van der Waals surface area contributed by atoms with Crippen molar-refractivity contribution in [3.05, 3.63) is 69.0 Å². The van der Waals surface area contributed by atoms with Crippen molar-refractivity contribution in [2.45, 2.75) is 25.9 Å². The number of halogens is 1. The van der Waals surface area contributed by atoms with E-state index in [4.69, 9.17) is 17.0 Å². The number of aromatic nitrogens is 2. The van der Waals surface area contributed by atoms with Crippen LogP contribution >= 0.6 is 12.2 Å². The second-order valence-corrected chi connectivity index (χ2v) is 6.75. The number of nitrogens with one attached hydrogen (secondary N) is 2. The van der Waals surface area contributed by atoms with E-state index in [1.165, 1.54) is 23.8 Å². The zero-order valence-electron chi connectivity index (χ0n) is 15.5. The summed E-state index contributed by atoms with van der Waals surface area (Å²) >= 11 is 5.24. The molecular formula is C20H20FN3O3S. The lowest BCUT2D eigenvalue weighted by molar-refractivity contribution is -0.122. The van der Waals surface area contributed by atoms with Gasteiger partial charge in [0.2, 0.25) is 5.91 Å². The quantitative estimate of drug-likeness (QED) is 0.620. The number of amides is 1. The molecule has 1 aromatic heterocycles. The summed E-state index contributed by atoms with van der Waals surface area (Å²) in [5.74, 6) is -0.611. The Morgan fingerprint density at radius 1 is 1.32 bits per heavy atom. The first-order valence-corrected chi connectivity index (χ1v) is 9.16. The first-order chi connectivity index (χ1) is 13.4. The molecule has 0 bridgehead atoms. The van der Waals surface area contributed by atoms with Crippen molar-refractivity contribution in [2.24, 2.45) is 0 Å². The fraction of sp³-hybridized carbons (Fsp3) is 0.250. The van der Waals surface area contributed by atoms with E-state index < -0.39 is 11.9 Å². The van der Waals surface area contributed by atoms with E-state index in [-0.39, 0.29) is 35.0 Å². The number of H-pyrrole nitrogens is 1. The summed E-state index contributed by atoms with van der Waals surface area (Å²) in [5.41, 5.74) is 1.04. The minimum absolute atomic E-state index is 0.0682. The third-order valence-electron chi connectivity index (χ3n) is 4.51. The number of rotatable bonds is 6. The molecule has 146 valence electrons. The molecule has 0 aliphatic heterocycles. The topological polar surface area (TPSA) is 76.1 Å². The van der Waals surface area contributed by atoms with Gasteiger partial charge >= 0.3 is 0 Å². The van der Waals surface area contributed by atoms with Crippen molar-refractivity contribution < 1.29 is 13.9 Å². The van der Waals surface area contributed by atoms with Crippen LogP contribution in [0.1, 0.15) is 24.9 Å². The SMILES string of the molecule is COc1ccc(C(C)NC(=O)CCn2c(=S)[nH]c3ccccc3c2=O)cc1F. The summed E-state index contributed by atoms with van der Waals surface area (Å²) in [6.07, 6.45) is 0.0682. The zero-order chi connectivity index (χ0) is 20.3. The Labute approximate surface area is 166 Å². The fourth-order valence-corrected chi connectivity index (χ4v) is 3.25. The van der Waals surface area contributed by atoms with E-state index in [0.29, 0.717) is 16.5 Å². The zero-order valence-corrected chi connectivity index (χ0v) is 16.3. The van der Waals surface area contributed by atoms with E-state index in [2.05, 4.69) is 10.3 Å². The van der Waals surface area contributed by atoms with Gasteiger partial charge in [0.1, 0.15) is 0 Å².